The molecule has 0 spiro atoms. The minimum absolute atomic E-state index is 0.100. The van der Waals surface area contributed by atoms with Crippen LogP contribution >= 0.6 is 11.6 Å². The number of hydrogen-bond acceptors (Lipinski definition) is 5. The summed E-state index contributed by atoms with van der Waals surface area (Å²) in [6.07, 6.45) is -4.35. The van der Waals surface area contributed by atoms with E-state index in [1.807, 2.05) is 0 Å². The molecule has 0 aliphatic carbocycles. The van der Waals surface area contributed by atoms with E-state index in [4.69, 9.17) is 16.3 Å². The molecule has 0 aliphatic heterocycles. The molecule has 0 aliphatic rings. The SMILES string of the molecule is CCOc1nc(Cl)nc(N(C)CC(F)(F)F)n1. The molecule has 17 heavy (non-hydrogen) atoms. The highest BCUT2D eigenvalue weighted by atomic mass is 35.5. The second kappa shape index (κ2) is 5.35. The average Bonchev–Trinajstić information content (AvgIpc) is 2.14. The lowest BCUT2D eigenvalue weighted by Gasteiger charge is -2.18. The summed E-state index contributed by atoms with van der Waals surface area (Å²) < 4.78 is 41.4. The van der Waals surface area contributed by atoms with Crippen molar-refractivity contribution in [2.45, 2.75) is 13.1 Å². The number of rotatable bonds is 4. The molecule has 1 aromatic rings. The summed E-state index contributed by atoms with van der Waals surface area (Å²) in [5, 5.41) is -0.215. The number of aromatic nitrogens is 3. The van der Waals surface area contributed by atoms with Gasteiger partial charge in [0, 0.05) is 7.05 Å². The monoisotopic (exact) mass is 270 g/mol. The number of hydrogen-bond donors (Lipinski definition) is 0. The van der Waals surface area contributed by atoms with E-state index >= 15 is 0 Å². The highest BCUT2D eigenvalue weighted by Gasteiger charge is 2.30. The maximum absolute atomic E-state index is 12.2. The number of halogens is 4. The molecule has 0 saturated heterocycles. The van der Waals surface area contributed by atoms with Gasteiger partial charge in [0.05, 0.1) is 6.61 Å². The van der Waals surface area contributed by atoms with Crippen molar-refractivity contribution >= 4 is 17.5 Å². The van der Waals surface area contributed by atoms with Crippen molar-refractivity contribution in [3.63, 3.8) is 0 Å². The highest BCUT2D eigenvalue weighted by Crippen LogP contribution is 2.20. The number of nitrogens with zero attached hydrogens (tertiary/aromatic N) is 4. The summed E-state index contributed by atoms with van der Waals surface area (Å²) in [6, 6.07) is -0.100. The van der Waals surface area contributed by atoms with Crippen LogP contribution in [0.3, 0.4) is 0 Å². The molecule has 96 valence electrons. The Hall–Kier alpha value is -1.31. The molecule has 9 heteroatoms. The first-order valence-corrected chi connectivity index (χ1v) is 5.02. The van der Waals surface area contributed by atoms with Gasteiger partial charge in [-0.15, -0.1) is 0 Å². The van der Waals surface area contributed by atoms with Crippen molar-refractivity contribution in [1.29, 1.82) is 0 Å². The van der Waals surface area contributed by atoms with Crippen LogP contribution in [0.5, 0.6) is 6.01 Å². The summed E-state index contributed by atoms with van der Waals surface area (Å²) in [6.45, 7) is 0.790. The van der Waals surface area contributed by atoms with Crippen molar-refractivity contribution in [3.05, 3.63) is 5.28 Å². The second-order valence-corrected chi connectivity index (χ2v) is 3.43. The van der Waals surface area contributed by atoms with Gasteiger partial charge in [-0.25, -0.2) is 0 Å². The van der Waals surface area contributed by atoms with Gasteiger partial charge in [0.25, 0.3) is 0 Å². The molecule has 0 saturated carbocycles. The largest absolute Gasteiger partial charge is 0.464 e. The maximum atomic E-state index is 12.2. The van der Waals surface area contributed by atoms with E-state index in [-0.39, 0.29) is 23.8 Å². The molecule has 0 N–H and O–H groups in total. The van der Waals surface area contributed by atoms with E-state index in [0.717, 1.165) is 4.90 Å². The molecule has 0 bridgehead atoms. The van der Waals surface area contributed by atoms with Crippen molar-refractivity contribution < 1.29 is 17.9 Å². The predicted molar refractivity (Wildman–Crippen MR) is 55.3 cm³/mol. The van der Waals surface area contributed by atoms with Gasteiger partial charge in [-0.3, -0.25) is 0 Å². The molecule has 0 aromatic carbocycles. The third-order valence-corrected chi connectivity index (χ3v) is 1.78. The fourth-order valence-electron chi connectivity index (χ4n) is 1.03. The lowest BCUT2D eigenvalue weighted by atomic mass is 10.5. The van der Waals surface area contributed by atoms with E-state index in [1.54, 1.807) is 6.92 Å². The molecule has 5 nitrogen and oxygen atoms in total. The summed E-state index contributed by atoms with van der Waals surface area (Å²) in [4.78, 5) is 11.7. The maximum Gasteiger partial charge on any atom is 0.406 e. The van der Waals surface area contributed by atoms with E-state index in [2.05, 4.69) is 15.0 Å². The third kappa shape index (κ3) is 4.59. The fraction of sp³-hybridized carbons (Fsp3) is 0.625. The Morgan fingerprint density at radius 2 is 1.94 bits per heavy atom. The average molecular weight is 271 g/mol. The Bertz CT molecular complexity index is 388. The smallest absolute Gasteiger partial charge is 0.406 e. The van der Waals surface area contributed by atoms with Crippen molar-refractivity contribution in [3.8, 4) is 6.01 Å². The summed E-state index contributed by atoms with van der Waals surface area (Å²) in [7, 11) is 1.20. The minimum atomic E-state index is -4.35. The zero-order valence-corrected chi connectivity index (χ0v) is 9.88. The Balaban J connectivity index is 2.89. The van der Waals surface area contributed by atoms with Crippen molar-refractivity contribution in [1.82, 2.24) is 15.0 Å². The lowest BCUT2D eigenvalue weighted by Crippen LogP contribution is -2.32. The summed E-state index contributed by atoms with van der Waals surface area (Å²) >= 11 is 5.55. The van der Waals surface area contributed by atoms with Gasteiger partial charge < -0.3 is 9.64 Å². The van der Waals surface area contributed by atoms with E-state index in [1.165, 1.54) is 7.05 Å². The van der Waals surface area contributed by atoms with Gasteiger partial charge in [-0.2, -0.15) is 28.1 Å². The van der Waals surface area contributed by atoms with E-state index in [0.29, 0.717) is 0 Å². The topological polar surface area (TPSA) is 51.1 Å². The van der Waals surface area contributed by atoms with Gasteiger partial charge in [-0.05, 0) is 18.5 Å². The molecule has 0 unspecified atom stereocenters. The number of alkyl halides is 3. The van der Waals surface area contributed by atoms with Crippen LogP contribution in [0.25, 0.3) is 0 Å². The van der Waals surface area contributed by atoms with E-state index in [9.17, 15) is 13.2 Å². The molecule has 0 amide bonds. The lowest BCUT2D eigenvalue weighted by molar-refractivity contribution is -0.119. The Morgan fingerprint density at radius 3 is 2.47 bits per heavy atom. The first-order valence-electron chi connectivity index (χ1n) is 4.64. The van der Waals surface area contributed by atoms with Gasteiger partial charge in [-0.1, -0.05) is 0 Å². The second-order valence-electron chi connectivity index (χ2n) is 3.09. The van der Waals surface area contributed by atoms with Crippen LogP contribution < -0.4 is 9.64 Å². The number of ether oxygens (including phenoxy) is 1. The van der Waals surface area contributed by atoms with Gasteiger partial charge in [0.2, 0.25) is 11.2 Å². The zero-order valence-electron chi connectivity index (χ0n) is 9.12. The number of anilines is 1. The molecule has 0 fully saturated rings. The van der Waals surface area contributed by atoms with Crippen LogP contribution in [-0.2, 0) is 0 Å². The molecule has 0 atom stereocenters. The van der Waals surface area contributed by atoms with Crippen molar-refractivity contribution in [2.24, 2.45) is 0 Å². The van der Waals surface area contributed by atoms with Gasteiger partial charge in [0.15, 0.2) is 0 Å². The van der Waals surface area contributed by atoms with Crippen LogP contribution in [0.1, 0.15) is 6.92 Å². The molecule has 1 aromatic heterocycles. The molecule has 1 heterocycles. The Labute approximate surface area is 101 Å². The highest BCUT2D eigenvalue weighted by molar-refractivity contribution is 6.28. The van der Waals surface area contributed by atoms with Crippen LogP contribution in [0.2, 0.25) is 5.28 Å². The van der Waals surface area contributed by atoms with E-state index < -0.39 is 12.7 Å². The van der Waals surface area contributed by atoms with Gasteiger partial charge >= 0.3 is 12.2 Å². The van der Waals surface area contributed by atoms with Crippen LogP contribution in [-0.4, -0.2) is 41.3 Å². The standard InChI is InChI=1S/C8H10ClF3N4O/c1-3-17-7-14-5(9)13-6(15-7)16(2)4-8(10,11)12/h3-4H2,1-2H3. The zero-order chi connectivity index (χ0) is 13.1. The first-order chi connectivity index (χ1) is 7.81. The quantitative estimate of drug-likeness (QED) is 0.837. The third-order valence-electron chi connectivity index (χ3n) is 1.61. The van der Waals surface area contributed by atoms with Crippen LogP contribution in [0, 0.1) is 0 Å². The Kier molecular flexibility index (Phi) is 4.33. The summed E-state index contributed by atoms with van der Waals surface area (Å²) in [5.41, 5.74) is 0. The fourth-order valence-corrected chi connectivity index (χ4v) is 1.17. The first kappa shape index (κ1) is 13.8. The molecular weight excluding hydrogens is 261 g/mol. The molecular formula is C8H10ClF3N4O. The normalized spacial score (nSPS) is 11.4. The van der Waals surface area contributed by atoms with Gasteiger partial charge in [0.1, 0.15) is 6.54 Å². The predicted octanol–water partition coefficient (Wildman–Crippen LogP) is 1.92. The molecule has 1 rings (SSSR count). The molecule has 0 radical (unpaired) electrons. The van der Waals surface area contributed by atoms with Crippen LogP contribution in [0.4, 0.5) is 19.1 Å². The minimum Gasteiger partial charge on any atom is -0.464 e. The Morgan fingerprint density at radius 1 is 1.29 bits per heavy atom. The summed E-state index contributed by atoms with van der Waals surface area (Å²) in [5.74, 6) is -0.189. The van der Waals surface area contributed by atoms with Crippen LogP contribution in [0.15, 0.2) is 0 Å². The van der Waals surface area contributed by atoms with Crippen molar-refractivity contribution in [2.75, 3.05) is 25.1 Å².